The summed E-state index contributed by atoms with van der Waals surface area (Å²) < 4.78 is 32.5. The highest BCUT2D eigenvalue weighted by atomic mass is 16.6. The lowest BCUT2D eigenvalue weighted by Gasteiger charge is -2.21. The molecule has 1 atom stereocenters. The minimum atomic E-state index is -0.304. The Morgan fingerprint density at radius 3 is 1.60 bits per heavy atom. The maximum atomic E-state index is 12.0. The number of amides is 3. The Bertz CT molecular complexity index is 641. The van der Waals surface area contributed by atoms with E-state index in [-0.39, 0.29) is 30.9 Å². The maximum Gasteiger partial charge on any atom is 0.253 e. The van der Waals surface area contributed by atoms with Gasteiger partial charge in [0.15, 0.2) is 0 Å². The maximum absolute atomic E-state index is 12.0. The summed E-state index contributed by atoms with van der Waals surface area (Å²) in [5.41, 5.74) is 0. The van der Waals surface area contributed by atoms with E-state index in [1.54, 1.807) is 0 Å². The van der Waals surface area contributed by atoms with E-state index >= 15 is 0 Å². The Hall–Kier alpha value is -1.89. The molecular formula is C24H40N2O9. The van der Waals surface area contributed by atoms with Crippen LogP contribution >= 0.6 is 0 Å². The lowest BCUT2D eigenvalue weighted by atomic mass is 10.2. The van der Waals surface area contributed by atoms with Crippen molar-refractivity contribution in [3.63, 3.8) is 0 Å². The molecule has 2 rings (SSSR count). The molecule has 0 radical (unpaired) electrons. The molecule has 200 valence electrons. The van der Waals surface area contributed by atoms with Crippen molar-refractivity contribution in [3.8, 4) is 0 Å². The summed E-state index contributed by atoms with van der Waals surface area (Å²) in [6.45, 7) is 8.46. The average Bonchev–Trinajstić information content (AvgIpc) is 3.42. The number of ether oxygens (including phenoxy) is 6. The molecule has 11 nitrogen and oxygen atoms in total. The fraction of sp³-hybridized carbons (Fsp3) is 0.792. The first kappa shape index (κ1) is 29.3. The van der Waals surface area contributed by atoms with Crippen LogP contribution in [0.15, 0.2) is 12.2 Å². The van der Waals surface area contributed by atoms with Crippen molar-refractivity contribution in [1.29, 1.82) is 0 Å². The number of carbonyl (C=O) groups excluding carboxylic acids is 3. The summed E-state index contributed by atoms with van der Waals surface area (Å²) in [7, 11) is 0. The number of likely N-dealkylation sites (tertiary alicyclic amines) is 1. The van der Waals surface area contributed by atoms with Gasteiger partial charge in [0.25, 0.3) is 11.8 Å². The van der Waals surface area contributed by atoms with Crippen LogP contribution in [0.4, 0.5) is 0 Å². The summed E-state index contributed by atoms with van der Waals surface area (Å²) in [6.07, 6.45) is 5.12. The Morgan fingerprint density at radius 2 is 1.17 bits per heavy atom. The van der Waals surface area contributed by atoms with E-state index in [4.69, 9.17) is 28.4 Å². The van der Waals surface area contributed by atoms with Crippen LogP contribution in [0.2, 0.25) is 0 Å². The zero-order valence-electron chi connectivity index (χ0n) is 20.8. The number of hydrogen-bond donors (Lipinski definition) is 0. The smallest absolute Gasteiger partial charge is 0.253 e. The third-order valence-corrected chi connectivity index (χ3v) is 5.55. The van der Waals surface area contributed by atoms with Crippen molar-refractivity contribution in [3.05, 3.63) is 12.2 Å². The number of imide groups is 1. The van der Waals surface area contributed by atoms with Gasteiger partial charge in [-0.05, 0) is 19.8 Å². The molecule has 2 aliphatic heterocycles. The second-order valence-electron chi connectivity index (χ2n) is 8.16. The van der Waals surface area contributed by atoms with Crippen LogP contribution in [0.3, 0.4) is 0 Å². The molecule has 2 heterocycles. The molecule has 3 amide bonds. The molecular weight excluding hydrogens is 460 g/mol. The van der Waals surface area contributed by atoms with E-state index in [0.29, 0.717) is 85.1 Å². The lowest BCUT2D eigenvalue weighted by Crippen LogP contribution is -2.34. The summed E-state index contributed by atoms with van der Waals surface area (Å²) in [5, 5.41) is 0. The van der Waals surface area contributed by atoms with Crippen LogP contribution in [-0.4, -0.2) is 126 Å². The standard InChI is InChI=1S/C24H40N2O9/c1-21-3-2-7-25(21)24(29)6-9-30-11-13-32-15-17-34-19-20-35-18-16-33-14-12-31-10-8-26-22(27)4-5-23(26)28/h4-5,21H,2-3,6-20H2,1H3. The molecule has 0 saturated carbocycles. The van der Waals surface area contributed by atoms with Crippen molar-refractivity contribution < 1.29 is 42.8 Å². The Kier molecular flexibility index (Phi) is 15.4. The van der Waals surface area contributed by atoms with E-state index < -0.39 is 0 Å². The predicted molar refractivity (Wildman–Crippen MR) is 126 cm³/mol. The second-order valence-corrected chi connectivity index (χ2v) is 8.16. The lowest BCUT2D eigenvalue weighted by molar-refractivity contribution is -0.138. The van der Waals surface area contributed by atoms with Crippen molar-refractivity contribution in [2.24, 2.45) is 0 Å². The summed E-state index contributed by atoms with van der Waals surface area (Å²) in [6, 6.07) is 0.355. The van der Waals surface area contributed by atoms with Gasteiger partial charge in [-0.1, -0.05) is 0 Å². The topological polar surface area (TPSA) is 113 Å². The van der Waals surface area contributed by atoms with Gasteiger partial charge in [0.1, 0.15) is 0 Å². The van der Waals surface area contributed by atoms with Crippen LogP contribution in [0.25, 0.3) is 0 Å². The van der Waals surface area contributed by atoms with Crippen molar-refractivity contribution in [2.75, 3.05) is 92.4 Å². The Labute approximate surface area is 207 Å². The number of hydrogen-bond acceptors (Lipinski definition) is 9. The van der Waals surface area contributed by atoms with Crippen LogP contribution in [0, 0.1) is 0 Å². The van der Waals surface area contributed by atoms with Crippen molar-refractivity contribution in [2.45, 2.75) is 32.2 Å². The molecule has 0 aromatic heterocycles. The van der Waals surface area contributed by atoms with Gasteiger partial charge in [0.2, 0.25) is 5.91 Å². The SMILES string of the molecule is CC1CCCN1C(=O)CCOCCOCCOCCOCCOCCOCCN1C(=O)C=CC1=O. The van der Waals surface area contributed by atoms with Gasteiger partial charge >= 0.3 is 0 Å². The zero-order valence-corrected chi connectivity index (χ0v) is 20.8. The summed E-state index contributed by atoms with van der Waals surface area (Å²) >= 11 is 0. The van der Waals surface area contributed by atoms with Crippen LogP contribution < -0.4 is 0 Å². The van der Waals surface area contributed by atoms with Crippen molar-refractivity contribution >= 4 is 17.7 Å². The molecule has 0 aliphatic carbocycles. The second kappa shape index (κ2) is 18.4. The van der Waals surface area contributed by atoms with Crippen LogP contribution in [-0.2, 0) is 42.8 Å². The molecule has 0 N–H and O–H groups in total. The summed E-state index contributed by atoms with van der Waals surface area (Å²) in [5.74, 6) is -0.435. The zero-order chi connectivity index (χ0) is 25.1. The highest BCUT2D eigenvalue weighted by molar-refractivity contribution is 6.12. The van der Waals surface area contributed by atoms with Crippen molar-refractivity contribution in [1.82, 2.24) is 9.80 Å². The number of rotatable bonds is 21. The van der Waals surface area contributed by atoms with E-state index in [2.05, 4.69) is 6.92 Å². The van der Waals surface area contributed by atoms with Crippen LogP contribution in [0.5, 0.6) is 0 Å². The third kappa shape index (κ3) is 12.6. The van der Waals surface area contributed by atoms with Crippen LogP contribution in [0.1, 0.15) is 26.2 Å². The van der Waals surface area contributed by atoms with E-state index in [1.165, 1.54) is 12.2 Å². The van der Waals surface area contributed by atoms with E-state index in [0.717, 1.165) is 24.3 Å². The fourth-order valence-corrected chi connectivity index (χ4v) is 3.62. The molecule has 0 spiro atoms. The molecule has 0 aromatic carbocycles. The van der Waals surface area contributed by atoms with Gasteiger partial charge in [-0.3, -0.25) is 19.3 Å². The highest BCUT2D eigenvalue weighted by Gasteiger charge is 2.24. The van der Waals surface area contributed by atoms with Gasteiger partial charge in [-0.2, -0.15) is 0 Å². The minimum absolute atomic E-state index is 0.174. The largest absolute Gasteiger partial charge is 0.379 e. The first-order valence-corrected chi connectivity index (χ1v) is 12.4. The minimum Gasteiger partial charge on any atom is -0.379 e. The molecule has 0 bridgehead atoms. The van der Waals surface area contributed by atoms with Gasteiger partial charge in [0.05, 0.1) is 92.2 Å². The fourth-order valence-electron chi connectivity index (χ4n) is 3.62. The molecule has 35 heavy (non-hydrogen) atoms. The molecule has 0 aromatic rings. The molecule has 2 aliphatic rings. The van der Waals surface area contributed by atoms with E-state index in [9.17, 15) is 14.4 Å². The highest BCUT2D eigenvalue weighted by Crippen LogP contribution is 2.17. The predicted octanol–water partition coefficient (Wildman–Crippen LogP) is 0.412. The van der Waals surface area contributed by atoms with Gasteiger partial charge in [-0.15, -0.1) is 0 Å². The normalized spacial score (nSPS) is 17.8. The quantitative estimate of drug-likeness (QED) is 0.163. The van der Waals surface area contributed by atoms with Gasteiger partial charge in [0, 0.05) is 24.7 Å². The molecule has 11 heteroatoms. The van der Waals surface area contributed by atoms with Gasteiger partial charge < -0.3 is 33.3 Å². The first-order valence-electron chi connectivity index (χ1n) is 12.4. The molecule has 1 unspecified atom stereocenters. The molecule has 1 fully saturated rings. The monoisotopic (exact) mass is 500 g/mol. The third-order valence-electron chi connectivity index (χ3n) is 5.55. The molecule has 1 saturated heterocycles. The van der Waals surface area contributed by atoms with E-state index in [1.807, 2.05) is 4.90 Å². The van der Waals surface area contributed by atoms with Gasteiger partial charge in [-0.25, -0.2) is 0 Å². The number of carbonyl (C=O) groups is 3. The Morgan fingerprint density at radius 1 is 0.743 bits per heavy atom. The summed E-state index contributed by atoms with van der Waals surface area (Å²) in [4.78, 5) is 37.8. The first-order chi connectivity index (χ1) is 17.1. The number of nitrogens with zero attached hydrogens (tertiary/aromatic N) is 2. The Balaban J connectivity index is 1.22. The average molecular weight is 501 g/mol.